The number of allylic oxidation sites excluding steroid dienone is 1. The standard InChI is InChI=1S/C8H15NO2S/c1-4-11-8(10)7(3)12-5-6(2)9/h5,7H,4,9H2,1-3H3/b6-5+/t7-/m0/s1. The minimum Gasteiger partial charge on any atom is -0.465 e. The van der Waals surface area contributed by atoms with Crippen molar-refractivity contribution in [2.45, 2.75) is 26.0 Å². The molecule has 0 aliphatic carbocycles. The highest BCUT2D eigenvalue weighted by molar-refractivity contribution is 8.03. The Hall–Kier alpha value is -0.640. The predicted molar refractivity (Wildman–Crippen MR) is 51.6 cm³/mol. The molecule has 0 heterocycles. The third-order valence-corrected chi connectivity index (χ3v) is 2.19. The Labute approximate surface area is 77.3 Å². The Kier molecular flexibility index (Phi) is 5.62. The monoisotopic (exact) mass is 189 g/mol. The van der Waals surface area contributed by atoms with Crippen molar-refractivity contribution in [3.05, 3.63) is 11.1 Å². The molecule has 1 atom stereocenters. The predicted octanol–water partition coefficient (Wildman–Crippen LogP) is 1.49. The molecule has 12 heavy (non-hydrogen) atoms. The van der Waals surface area contributed by atoms with Crippen LogP contribution in [0.4, 0.5) is 0 Å². The van der Waals surface area contributed by atoms with Gasteiger partial charge in [0.1, 0.15) is 5.25 Å². The van der Waals surface area contributed by atoms with Crippen molar-refractivity contribution in [1.82, 2.24) is 0 Å². The van der Waals surface area contributed by atoms with Crippen LogP contribution in [0.3, 0.4) is 0 Å². The first-order valence-electron chi connectivity index (χ1n) is 3.82. The van der Waals surface area contributed by atoms with Crippen LogP contribution >= 0.6 is 11.8 Å². The summed E-state index contributed by atoms with van der Waals surface area (Å²) >= 11 is 1.37. The molecular formula is C8H15NO2S. The molecule has 3 nitrogen and oxygen atoms in total. The topological polar surface area (TPSA) is 52.3 Å². The molecule has 0 unspecified atom stereocenters. The quantitative estimate of drug-likeness (QED) is 0.681. The smallest absolute Gasteiger partial charge is 0.319 e. The summed E-state index contributed by atoms with van der Waals surface area (Å²) < 4.78 is 4.81. The highest BCUT2D eigenvalue weighted by Gasteiger charge is 2.12. The zero-order chi connectivity index (χ0) is 9.56. The van der Waals surface area contributed by atoms with E-state index >= 15 is 0 Å². The van der Waals surface area contributed by atoms with Crippen LogP contribution in [-0.4, -0.2) is 17.8 Å². The maximum absolute atomic E-state index is 11.0. The van der Waals surface area contributed by atoms with Crippen LogP contribution in [0.1, 0.15) is 20.8 Å². The van der Waals surface area contributed by atoms with E-state index in [1.807, 2.05) is 0 Å². The fraction of sp³-hybridized carbons (Fsp3) is 0.625. The average molecular weight is 189 g/mol. The van der Waals surface area contributed by atoms with Crippen LogP contribution in [0.5, 0.6) is 0 Å². The van der Waals surface area contributed by atoms with E-state index in [1.165, 1.54) is 11.8 Å². The lowest BCUT2D eigenvalue weighted by molar-refractivity contribution is -0.142. The number of carbonyl (C=O) groups excluding carboxylic acids is 1. The lowest BCUT2D eigenvalue weighted by Crippen LogP contribution is -2.16. The largest absolute Gasteiger partial charge is 0.465 e. The van der Waals surface area contributed by atoms with E-state index in [0.29, 0.717) is 12.3 Å². The van der Waals surface area contributed by atoms with Crippen LogP contribution in [0, 0.1) is 0 Å². The van der Waals surface area contributed by atoms with Crippen LogP contribution < -0.4 is 5.73 Å². The van der Waals surface area contributed by atoms with Gasteiger partial charge in [0.2, 0.25) is 0 Å². The molecule has 0 bridgehead atoms. The lowest BCUT2D eigenvalue weighted by atomic mass is 10.5. The molecule has 0 fully saturated rings. The summed E-state index contributed by atoms with van der Waals surface area (Å²) in [6.45, 7) is 5.79. The summed E-state index contributed by atoms with van der Waals surface area (Å²) in [5.41, 5.74) is 6.11. The number of rotatable bonds is 4. The average Bonchev–Trinajstić information content (AvgIpc) is 2.00. The maximum atomic E-state index is 11.0. The molecule has 0 aliphatic rings. The molecule has 2 N–H and O–H groups in total. The van der Waals surface area contributed by atoms with Crippen molar-refractivity contribution in [3.63, 3.8) is 0 Å². The summed E-state index contributed by atoms with van der Waals surface area (Å²) in [6.07, 6.45) is 0. The van der Waals surface area contributed by atoms with Crippen LogP contribution in [0.2, 0.25) is 0 Å². The van der Waals surface area contributed by atoms with Gasteiger partial charge in [0.15, 0.2) is 0 Å². The van der Waals surface area contributed by atoms with Crippen LogP contribution in [0.25, 0.3) is 0 Å². The Morgan fingerprint density at radius 3 is 2.75 bits per heavy atom. The van der Waals surface area contributed by atoms with Gasteiger partial charge in [-0.2, -0.15) is 0 Å². The van der Waals surface area contributed by atoms with E-state index in [4.69, 9.17) is 10.5 Å². The number of ether oxygens (including phenoxy) is 1. The number of carbonyl (C=O) groups is 1. The van der Waals surface area contributed by atoms with Crippen molar-refractivity contribution >= 4 is 17.7 Å². The van der Waals surface area contributed by atoms with Crippen molar-refractivity contribution < 1.29 is 9.53 Å². The molecule has 0 saturated heterocycles. The minimum absolute atomic E-state index is 0.177. The molecule has 4 heteroatoms. The molecule has 0 aromatic heterocycles. The van der Waals surface area contributed by atoms with Crippen molar-refractivity contribution in [1.29, 1.82) is 0 Å². The maximum Gasteiger partial charge on any atom is 0.319 e. The highest BCUT2D eigenvalue weighted by atomic mass is 32.2. The summed E-state index contributed by atoms with van der Waals surface area (Å²) in [5, 5.41) is 1.57. The fourth-order valence-electron chi connectivity index (χ4n) is 0.525. The van der Waals surface area contributed by atoms with E-state index in [9.17, 15) is 4.79 Å². The van der Waals surface area contributed by atoms with E-state index in [-0.39, 0.29) is 11.2 Å². The van der Waals surface area contributed by atoms with Gasteiger partial charge < -0.3 is 10.5 Å². The number of hydrogen-bond acceptors (Lipinski definition) is 4. The van der Waals surface area contributed by atoms with Gasteiger partial charge in [-0.25, -0.2) is 0 Å². The first-order valence-corrected chi connectivity index (χ1v) is 4.76. The zero-order valence-corrected chi connectivity index (χ0v) is 8.48. The zero-order valence-electron chi connectivity index (χ0n) is 7.66. The van der Waals surface area contributed by atoms with Crippen molar-refractivity contribution in [2.24, 2.45) is 5.73 Å². The number of nitrogens with two attached hydrogens (primary N) is 1. The van der Waals surface area contributed by atoms with E-state index < -0.39 is 0 Å². The molecular weight excluding hydrogens is 174 g/mol. The molecule has 0 amide bonds. The second kappa shape index (κ2) is 5.94. The van der Waals surface area contributed by atoms with Crippen LogP contribution in [-0.2, 0) is 9.53 Å². The number of thioether (sulfide) groups is 1. The van der Waals surface area contributed by atoms with Gasteiger partial charge in [0, 0.05) is 5.70 Å². The number of esters is 1. The molecule has 0 rings (SSSR count). The highest BCUT2D eigenvalue weighted by Crippen LogP contribution is 2.14. The third kappa shape index (κ3) is 5.07. The molecule has 70 valence electrons. The summed E-state index contributed by atoms with van der Waals surface area (Å²) in [7, 11) is 0. The van der Waals surface area contributed by atoms with Gasteiger partial charge in [0.05, 0.1) is 6.61 Å². The summed E-state index contributed by atoms with van der Waals surface area (Å²) in [6, 6.07) is 0. The van der Waals surface area contributed by atoms with E-state index in [0.717, 1.165) is 0 Å². The fourth-order valence-corrected chi connectivity index (χ4v) is 1.12. The first kappa shape index (κ1) is 11.4. The van der Waals surface area contributed by atoms with Crippen molar-refractivity contribution in [2.75, 3.05) is 6.61 Å². The number of hydrogen-bond donors (Lipinski definition) is 1. The van der Waals surface area contributed by atoms with Gasteiger partial charge in [-0.3, -0.25) is 4.79 Å². The summed E-state index contributed by atoms with van der Waals surface area (Å²) in [5.74, 6) is -0.194. The molecule has 0 aromatic carbocycles. The molecule has 0 aliphatic heterocycles. The minimum atomic E-state index is -0.194. The van der Waals surface area contributed by atoms with Gasteiger partial charge in [-0.05, 0) is 26.2 Å². The second-order valence-electron chi connectivity index (χ2n) is 2.39. The Bertz CT molecular complexity index is 176. The third-order valence-electron chi connectivity index (χ3n) is 1.08. The lowest BCUT2D eigenvalue weighted by Gasteiger charge is -2.06. The summed E-state index contributed by atoms with van der Waals surface area (Å²) in [4.78, 5) is 11.0. The van der Waals surface area contributed by atoms with Gasteiger partial charge in [0.25, 0.3) is 0 Å². The Balaban J connectivity index is 3.79. The second-order valence-corrected chi connectivity index (χ2v) is 3.61. The van der Waals surface area contributed by atoms with Gasteiger partial charge >= 0.3 is 5.97 Å². The van der Waals surface area contributed by atoms with Crippen LogP contribution in [0.15, 0.2) is 11.1 Å². The SMILES string of the molecule is CCOC(=O)[C@H](C)S/C=C(\C)N. The molecule has 0 spiro atoms. The van der Waals surface area contributed by atoms with Crippen molar-refractivity contribution in [3.8, 4) is 0 Å². The van der Waals surface area contributed by atoms with Gasteiger partial charge in [-0.1, -0.05) is 0 Å². The first-order chi connectivity index (χ1) is 5.57. The Morgan fingerprint density at radius 2 is 2.33 bits per heavy atom. The molecule has 0 saturated carbocycles. The van der Waals surface area contributed by atoms with E-state index in [2.05, 4.69) is 0 Å². The normalized spacial score (nSPS) is 14.1. The van der Waals surface area contributed by atoms with Gasteiger partial charge in [-0.15, -0.1) is 11.8 Å². The van der Waals surface area contributed by atoms with E-state index in [1.54, 1.807) is 26.2 Å². The molecule has 0 radical (unpaired) electrons. The Morgan fingerprint density at radius 1 is 1.75 bits per heavy atom. The molecule has 0 aromatic rings.